The molecule has 16 heavy (non-hydrogen) atoms. The van der Waals surface area contributed by atoms with E-state index in [1.165, 1.54) is 0 Å². The van der Waals surface area contributed by atoms with E-state index in [2.05, 4.69) is 16.0 Å². The summed E-state index contributed by atoms with van der Waals surface area (Å²) in [6.45, 7) is 3.69. The van der Waals surface area contributed by atoms with Gasteiger partial charge in [0.1, 0.15) is 0 Å². The smallest absolute Gasteiger partial charge is 0.235 e. The van der Waals surface area contributed by atoms with E-state index >= 15 is 0 Å². The van der Waals surface area contributed by atoms with E-state index in [9.17, 15) is 4.79 Å². The Bertz CT molecular complexity index is 394. The van der Waals surface area contributed by atoms with Gasteiger partial charge in [0.25, 0.3) is 0 Å². The molecule has 0 N–H and O–H groups in total. The lowest BCUT2D eigenvalue weighted by atomic mass is 10.1. The van der Waals surface area contributed by atoms with Crippen LogP contribution in [-0.2, 0) is 16.1 Å². The zero-order chi connectivity index (χ0) is 11.2. The fourth-order valence-electron chi connectivity index (χ4n) is 1.87. The number of ether oxygens (including phenoxy) is 1. The van der Waals surface area contributed by atoms with E-state index in [-0.39, 0.29) is 0 Å². The van der Waals surface area contributed by atoms with Gasteiger partial charge in [-0.1, -0.05) is 18.2 Å². The molecule has 1 aliphatic heterocycles. The highest BCUT2D eigenvalue weighted by molar-refractivity contribution is 5.54. The predicted octanol–water partition coefficient (Wildman–Crippen LogP) is 1.36. The van der Waals surface area contributed by atoms with Crippen molar-refractivity contribution in [2.45, 2.75) is 6.54 Å². The first kappa shape index (κ1) is 10.9. The van der Waals surface area contributed by atoms with Gasteiger partial charge in [-0.3, -0.25) is 0 Å². The van der Waals surface area contributed by atoms with Crippen LogP contribution in [0, 0.1) is 0 Å². The van der Waals surface area contributed by atoms with Crippen molar-refractivity contribution in [2.75, 3.05) is 31.2 Å². The van der Waals surface area contributed by atoms with Crippen molar-refractivity contribution in [2.24, 2.45) is 4.99 Å². The molecule has 1 aliphatic rings. The Labute approximate surface area is 94.5 Å². The van der Waals surface area contributed by atoms with Crippen LogP contribution >= 0.6 is 0 Å². The number of morpholine rings is 1. The first-order chi connectivity index (χ1) is 7.92. The summed E-state index contributed by atoms with van der Waals surface area (Å²) < 4.78 is 5.31. The summed E-state index contributed by atoms with van der Waals surface area (Å²) in [5.41, 5.74) is 2.21. The van der Waals surface area contributed by atoms with Crippen molar-refractivity contribution in [1.82, 2.24) is 0 Å². The van der Waals surface area contributed by atoms with Gasteiger partial charge in [-0.2, -0.15) is 0 Å². The van der Waals surface area contributed by atoms with Gasteiger partial charge in [-0.05, 0) is 11.6 Å². The Hall–Kier alpha value is -1.64. The number of rotatable bonds is 3. The van der Waals surface area contributed by atoms with Crippen molar-refractivity contribution in [3.63, 3.8) is 0 Å². The van der Waals surface area contributed by atoms with Crippen LogP contribution in [0.4, 0.5) is 5.69 Å². The van der Waals surface area contributed by atoms with Crippen LogP contribution in [0.25, 0.3) is 0 Å². The van der Waals surface area contributed by atoms with Crippen molar-refractivity contribution in [1.29, 1.82) is 0 Å². The zero-order valence-corrected chi connectivity index (χ0v) is 9.06. The molecular weight excluding hydrogens is 204 g/mol. The average Bonchev–Trinajstić information content (AvgIpc) is 2.38. The molecule has 84 valence electrons. The monoisotopic (exact) mass is 218 g/mol. The van der Waals surface area contributed by atoms with E-state index in [1.807, 2.05) is 18.2 Å². The topological polar surface area (TPSA) is 41.9 Å². The number of isocyanates is 1. The number of anilines is 1. The van der Waals surface area contributed by atoms with Crippen LogP contribution in [0.5, 0.6) is 0 Å². The molecule has 2 rings (SSSR count). The van der Waals surface area contributed by atoms with Crippen molar-refractivity contribution >= 4 is 11.8 Å². The van der Waals surface area contributed by atoms with Crippen molar-refractivity contribution in [3.05, 3.63) is 29.8 Å². The van der Waals surface area contributed by atoms with Gasteiger partial charge >= 0.3 is 0 Å². The van der Waals surface area contributed by atoms with Gasteiger partial charge in [-0.25, -0.2) is 9.79 Å². The highest BCUT2D eigenvalue weighted by Crippen LogP contribution is 2.21. The molecule has 0 radical (unpaired) electrons. The molecule has 4 nitrogen and oxygen atoms in total. The maximum absolute atomic E-state index is 10.1. The quantitative estimate of drug-likeness (QED) is 0.568. The summed E-state index contributed by atoms with van der Waals surface area (Å²) in [5, 5.41) is 0. The lowest BCUT2D eigenvalue weighted by molar-refractivity contribution is 0.122. The highest BCUT2D eigenvalue weighted by Gasteiger charge is 2.13. The molecular formula is C12H14N2O2. The molecule has 1 fully saturated rings. The number of hydrogen-bond acceptors (Lipinski definition) is 4. The number of hydrogen-bond donors (Lipinski definition) is 0. The molecule has 1 aromatic rings. The second-order valence-corrected chi connectivity index (χ2v) is 3.64. The maximum atomic E-state index is 10.1. The second kappa shape index (κ2) is 5.45. The normalized spacial score (nSPS) is 15.6. The highest BCUT2D eigenvalue weighted by atomic mass is 16.5. The van der Waals surface area contributed by atoms with Crippen LogP contribution < -0.4 is 4.90 Å². The van der Waals surface area contributed by atoms with Crippen LogP contribution in [0.2, 0.25) is 0 Å². The van der Waals surface area contributed by atoms with E-state index in [0.29, 0.717) is 6.54 Å². The molecule has 0 bridgehead atoms. The summed E-state index contributed by atoms with van der Waals surface area (Å²) >= 11 is 0. The van der Waals surface area contributed by atoms with Crippen LogP contribution in [0.1, 0.15) is 5.56 Å². The minimum absolute atomic E-state index is 0.400. The molecule has 1 saturated heterocycles. The number of aliphatic imine (C=N–C) groups is 1. The van der Waals surface area contributed by atoms with E-state index in [1.54, 1.807) is 6.08 Å². The number of nitrogens with zero attached hydrogens (tertiary/aromatic N) is 2. The average molecular weight is 218 g/mol. The van der Waals surface area contributed by atoms with Crippen LogP contribution in [0.15, 0.2) is 29.3 Å². The van der Waals surface area contributed by atoms with E-state index in [0.717, 1.165) is 37.6 Å². The summed E-state index contributed by atoms with van der Waals surface area (Å²) in [5.74, 6) is 0. The molecule has 0 aliphatic carbocycles. The largest absolute Gasteiger partial charge is 0.378 e. The second-order valence-electron chi connectivity index (χ2n) is 3.64. The Morgan fingerprint density at radius 3 is 2.81 bits per heavy atom. The fraction of sp³-hybridized carbons (Fsp3) is 0.417. The van der Waals surface area contributed by atoms with E-state index < -0.39 is 0 Å². The Kier molecular flexibility index (Phi) is 3.70. The molecule has 0 amide bonds. The molecule has 4 heteroatoms. The summed E-state index contributed by atoms with van der Waals surface area (Å²) in [4.78, 5) is 16.0. The third-order valence-corrected chi connectivity index (χ3v) is 2.66. The van der Waals surface area contributed by atoms with Crippen LogP contribution in [0.3, 0.4) is 0 Å². The third-order valence-electron chi connectivity index (χ3n) is 2.66. The molecule has 0 aromatic heterocycles. The molecule has 0 spiro atoms. The molecule has 1 aromatic carbocycles. The molecule has 0 unspecified atom stereocenters. The Balaban J connectivity index is 2.20. The number of carbonyl (C=O) groups excluding carboxylic acids is 1. The van der Waals surface area contributed by atoms with Gasteiger partial charge in [-0.15, -0.1) is 0 Å². The lowest BCUT2D eigenvalue weighted by Gasteiger charge is -2.30. The van der Waals surface area contributed by atoms with Gasteiger partial charge in [0.05, 0.1) is 19.8 Å². The standard InChI is InChI=1S/C12H14N2O2/c15-10-13-9-11-3-1-2-4-12(11)14-5-7-16-8-6-14/h1-4H,5-9H2. The summed E-state index contributed by atoms with van der Waals surface area (Å²) in [6.07, 6.45) is 1.58. The van der Waals surface area contributed by atoms with E-state index in [4.69, 9.17) is 4.74 Å². The molecule has 0 atom stereocenters. The Morgan fingerprint density at radius 1 is 1.31 bits per heavy atom. The Morgan fingerprint density at radius 2 is 2.06 bits per heavy atom. The molecule has 1 heterocycles. The predicted molar refractivity (Wildman–Crippen MR) is 61.3 cm³/mol. The van der Waals surface area contributed by atoms with Gasteiger partial charge < -0.3 is 9.64 Å². The minimum Gasteiger partial charge on any atom is -0.378 e. The van der Waals surface area contributed by atoms with Gasteiger partial charge in [0, 0.05) is 18.8 Å². The first-order valence-corrected chi connectivity index (χ1v) is 5.36. The zero-order valence-electron chi connectivity index (χ0n) is 9.06. The minimum atomic E-state index is 0.400. The third kappa shape index (κ3) is 2.48. The number of para-hydroxylation sites is 1. The summed E-state index contributed by atoms with van der Waals surface area (Å²) in [6, 6.07) is 8.01. The fourth-order valence-corrected chi connectivity index (χ4v) is 1.87. The number of benzene rings is 1. The van der Waals surface area contributed by atoms with Crippen LogP contribution in [-0.4, -0.2) is 32.4 Å². The first-order valence-electron chi connectivity index (χ1n) is 5.36. The molecule has 0 saturated carbocycles. The van der Waals surface area contributed by atoms with Crippen molar-refractivity contribution < 1.29 is 9.53 Å². The SMILES string of the molecule is O=C=NCc1ccccc1N1CCOCC1. The lowest BCUT2D eigenvalue weighted by Crippen LogP contribution is -2.36. The maximum Gasteiger partial charge on any atom is 0.235 e. The van der Waals surface area contributed by atoms with Crippen molar-refractivity contribution in [3.8, 4) is 0 Å². The van der Waals surface area contributed by atoms with Gasteiger partial charge in [0.15, 0.2) is 0 Å². The summed E-state index contributed by atoms with van der Waals surface area (Å²) in [7, 11) is 0. The van der Waals surface area contributed by atoms with Gasteiger partial charge in [0.2, 0.25) is 6.08 Å².